The predicted molar refractivity (Wildman–Crippen MR) is 62.8 cm³/mol. The lowest BCUT2D eigenvalue weighted by Gasteiger charge is -2.19. The fraction of sp³-hybridized carbons (Fsp3) is 0.909. The van der Waals surface area contributed by atoms with E-state index < -0.39 is 0 Å². The van der Waals surface area contributed by atoms with Crippen LogP contribution in [0.4, 0.5) is 0 Å². The molecule has 0 spiro atoms. The molecule has 0 aromatic heterocycles. The molecule has 84 valence electrons. The van der Waals surface area contributed by atoms with Crippen LogP contribution in [0.25, 0.3) is 0 Å². The molecule has 0 bridgehead atoms. The summed E-state index contributed by atoms with van der Waals surface area (Å²) in [6.07, 6.45) is 5.94. The number of unbranched alkanes of at least 4 members (excludes halogenated alkanes) is 3. The molecule has 0 atom stereocenters. The van der Waals surface area contributed by atoms with E-state index in [9.17, 15) is 0 Å². The van der Waals surface area contributed by atoms with Crippen molar-refractivity contribution >= 4 is 5.84 Å². The Labute approximate surface area is 88.2 Å². The highest BCUT2D eigenvalue weighted by Crippen LogP contribution is 2.01. The van der Waals surface area contributed by atoms with Crippen LogP contribution in [0.1, 0.15) is 46.0 Å². The highest BCUT2D eigenvalue weighted by molar-refractivity contribution is 5.76. The number of hydrogen-bond donors (Lipinski definition) is 2. The van der Waals surface area contributed by atoms with Gasteiger partial charge in [0, 0.05) is 13.0 Å². The molecule has 3 N–H and O–H groups in total. The normalized spacial score (nSPS) is 10.8. The lowest BCUT2D eigenvalue weighted by Crippen LogP contribution is -2.28. The zero-order valence-corrected chi connectivity index (χ0v) is 9.68. The summed E-state index contributed by atoms with van der Waals surface area (Å²) in [5, 5.41) is 7.16. The van der Waals surface area contributed by atoms with Gasteiger partial charge in [-0.3, -0.25) is 5.41 Å². The van der Waals surface area contributed by atoms with Crippen molar-refractivity contribution in [3.05, 3.63) is 0 Å². The molecule has 0 aromatic rings. The van der Waals surface area contributed by atoms with E-state index in [1.54, 1.807) is 0 Å². The van der Waals surface area contributed by atoms with E-state index in [1.807, 2.05) is 0 Å². The Kier molecular flexibility index (Phi) is 8.64. The Hall–Kier alpha value is -0.570. The molecule has 0 rings (SSSR count). The van der Waals surface area contributed by atoms with Gasteiger partial charge in [-0.15, -0.1) is 0 Å². The molecule has 14 heavy (non-hydrogen) atoms. The lowest BCUT2D eigenvalue weighted by molar-refractivity contribution is 0.288. The Bertz CT molecular complexity index is 145. The van der Waals surface area contributed by atoms with Crippen molar-refractivity contribution in [2.75, 3.05) is 19.6 Å². The fourth-order valence-corrected chi connectivity index (χ4v) is 1.47. The number of nitrogens with one attached hydrogen (secondary N) is 1. The topological polar surface area (TPSA) is 53.1 Å². The molecule has 0 fully saturated rings. The summed E-state index contributed by atoms with van der Waals surface area (Å²) >= 11 is 0. The molecule has 0 unspecified atom stereocenters. The Morgan fingerprint density at radius 1 is 1.14 bits per heavy atom. The van der Waals surface area contributed by atoms with Crippen molar-refractivity contribution < 1.29 is 0 Å². The van der Waals surface area contributed by atoms with Crippen LogP contribution in [0.3, 0.4) is 0 Å². The van der Waals surface area contributed by atoms with E-state index in [0.717, 1.165) is 19.6 Å². The lowest BCUT2D eigenvalue weighted by atomic mass is 10.2. The number of amidine groups is 1. The van der Waals surface area contributed by atoms with Crippen LogP contribution in [0, 0.1) is 5.41 Å². The van der Waals surface area contributed by atoms with Gasteiger partial charge in [-0.25, -0.2) is 0 Å². The fourth-order valence-electron chi connectivity index (χ4n) is 1.47. The van der Waals surface area contributed by atoms with E-state index in [0.29, 0.717) is 12.3 Å². The van der Waals surface area contributed by atoms with E-state index in [-0.39, 0.29) is 0 Å². The molecule has 0 saturated heterocycles. The van der Waals surface area contributed by atoms with Crippen molar-refractivity contribution in [2.24, 2.45) is 5.73 Å². The minimum absolute atomic E-state index is 0.303. The van der Waals surface area contributed by atoms with Gasteiger partial charge in [0.05, 0.1) is 5.84 Å². The van der Waals surface area contributed by atoms with Gasteiger partial charge in [0.25, 0.3) is 0 Å². The van der Waals surface area contributed by atoms with E-state index >= 15 is 0 Å². The highest BCUT2D eigenvalue weighted by Gasteiger charge is 2.01. The van der Waals surface area contributed by atoms with Gasteiger partial charge in [-0.05, 0) is 19.5 Å². The molecular formula is C11H25N3. The van der Waals surface area contributed by atoms with E-state index in [1.165, 1.54) is 25.7 Å². The van der Waals surface area contributed by atoms with Gasteiger partial charge >= 0.3 is 0 Å². The standard InChI is InChI=1S/C11H25N3/c1-3-5-6-7-9-14(4-2)10-8-11(12)13/h3-10H2,1-2H3,(H3,12,13). The summed E-state index contributed by atoms with van der Waals surface area (Å²) in [6.45, 7) is 7.56. The van der Waals surface area contributed by atoms with Crippen molar-refractivity contribution in [3.8, 4) is 0 Å². The SMILES string of the molecule is CCCCCCN(CC)CCC(=N)N. The first-order chi connectivity index (χ1) is 6.70. The third-order valence-corrected chi connectivity index (χ3v) is 2.47. The molecule has 0 radical (unpaired) electrons. The van der Waals surface area contributed by atoms with Gasteiger partial charge in [-0.1, -0.05) is 33.1 Å². The second kappa shape index (κ2) is 9.00. The molecule has 0 aliphatic carbocycles. The maximum atomic E-state index is 7.16. The average Bonchev–Trinajstić information content (AvgIpc) is 2.16. The molecule has 0 aliphatic heterocycles. The summed E-state index contributed by atoms with van der Waals surface area (Å²) in [5.74, 6) is 0.303. The highest BCUT2D eigenvalue weighted by atomic mass is 15.1. The molecule has 3 nitrogen and oxygen atoms in total. The third kappa shape index (κ3) is 8.05. The van der Waals surface area contributed by atoms with Crippen LogP contribution >= 0.6 is 0 Å². The molecule has 0 amide bonds. The van der Waals surface area contributed by atoms with Crippen LogP contribution in [-0.2, 0) is 0 Å². The van der Waals surface area contributed by atoms with Crippen LogP contribution < -0.4 is 5.73 Å². The van der Waals surface area contributed by atoms with Crippen LogP contribution in [-0.4, -0.2) is 30.4 Å². The van der Waals surface area contributed by atoms with Crippen molar-refractivity contribution in [3.63, 3.8) is 0 Å². The molecule has 0 aromatic carbocycles. The minimum Gasteiger partial charge on any atom is -0.388 e. The summed E-state index contributed by atoms with van der Waals surface area (Å²) in [4.78, 5) is 2.37. The second-order valence-electron chi connectivity index (χ2n) is 3.77. The van der Waals surface area contributed by atoms with Crippen molar-refractivity contribution in [1.29, 1.82) is 5.41 Å². The first-order valence-electron chi connectivity index (χ1n) is 5.76. The Morgan fingerprint density at radius 3 is 2.36 bits per heavy atom. The van der Waals surface area contributed by atoms with Crippen molar-refractivity contribution in [1.82, 2.24) is 4.90 Å². The molecule has 3 heteroatoms. The Morgan fingerprint density at radius 2 is 1.86 bits per heavy atom. The smallest absolute Gasteiger partial charge is 0.0918 e. The van der Waals surface area contributed by atoms with E-state index in [2.05, 4.69) is 18.7 Å². The zero-order valence-electron chi connectivity index (χ0n) is 9.68. The van der Waals surface area contributed by atoms with Crippen LogP contribution in [0.2, 0.25) is 0 Å². The Balaban J connectivity index is 3.42. The van der Waals surface area contributed by atoms with Gasteiger partial charge < -0.3 is 10.6 Å². The monoisotopic (exact) mass is 199 g/mol. The minimum atomic E-state index is 0.303. The molecule has 0 heterocycles. The molecule has 0 aliphatic rings. The number of rotatable bonds is 9. The van der Waals surface area contributed by atoms with Gasteiger partial charge in [0.2, 0.25) is 0 Å². The number of hydrogen-bond acceptors (Lipinski definition) is 2. The number of nitrogens with zero attached hydrogens (tertiary/aromatic N) is 1. The first kappa shape index (κ1) is 13.4. The first-order valence-corrected chi connectivity index (χ1v) is 5.76. The quantitative estimate of drug-likeness (QED) is 0.340. The third-order valence-electron chi connectivity index (χ3n) is 2.47. The van der Waals surface area contributed by atoms with Gasteiger partial charge in [0.1, 0.15) is 0 Å². The van der Waals surface area contributed by atoms with Gasteiger partial charge in [-0.2, -0.15) is 0 Å². The summed E-state index contributed by atoms with van der Waals surface area (Å²) < 4.78 is 0. The predicted octanol–water partition coefficient (Wildman–Crippen LogP) is 2.21. The van der Waals surface area contributed by atoms with E-state index in [4.69, 9.17) is 11.1 Å². The summed E-state index contributed by atoms with van der Waals surface area (Å²) in [5.41, 5.74) is 5.33. The average molecular weight is 199 g/mol. The maximum Gasteiger partial charge on any atom is 0.0918 e. The molecule has 0 saturated carbocycles. The second-order valence-corrected chi connectivity index (χ2v) is 3.77. The molecular weight excluding hydrogens is 174 g/mol. The summed E-state index contributed by atoms with van der Waals surface area (Å²) in [7, 11) is 0. The summed E-state index contributed by atoms with van der Waals surface area (Å²) in [6, 6.07) is 0. The largest absolute Gasteiger partial charge is 0.388 e. The zero-order chi connectivity index (χ0) is 10.8. The van der Waals surface area contributed by atoms with Crippen molar-refractivity contribution in [2.45, 2.75) is 46.0 Å². The van der Waals surface area contributed by atoms with Crippen LogP contribution in [0.5, 0.6) is 0 Å². The van der Waals surface area contributed by atoms with Gasteiger partial charge in [0.15, 0.2) is 0 Å². The van der Waals surface area contributed by atoms with Crippen LogP contribution in [0.15, 0.2) is 0 Å². The maximum absolute atomic E-state index is 7.16. The number of nitrogens with two attached hydrogens (primary N) is 1.